The van der Waals surface area contributed by atoms with Crippen LogP contribution in [0.4, 0.5) is 0 Å². The van der Waals surface area contributed by atoms with Gasteiger partial charge in [0.05, 0.1) is 23.5 Å². The monoisotopic (exact) mass is 504 g/mol. The van der Waals surface area contributed by atoms with Crippen LogP contribution < -0.4 is 10.9 Å². The second kappa shape index (κ2) is 10.9. The van der Waals surface area contributed by atoms with Gasteiger partial charge in [0.1, 0.15) is 5.75 Å². The SMILES string of the molecule is C[C@H](NCCC(=O)N1CCc2nc(SC3CCC3)n(-c3ccccc3O)c(=O)c2C1)c1ccccc1. The number of thioether (sulfide) groups is 1. The summed E-state index contributed by atoms with van der Waals surface area (Å²) in [5.41, 5.74) is 2.73. The van der Waals surface area contributed by atoms with E-state index in [9.17, 15) is 14.7 Å². The zero-order chi connectivity index (χ0) is 25.1. The van der Waals surface area contributed by atoms with E-state index in [1.165, 1.54) is 16.6 Å². The number of nitrogens with one attached hydrogen (secondary N) is 1. The zero-order valence-corrected chi connectivity index (χ0v) is 21.3. The molecule has 0 saturated heterocycles. The highest BCUT2D eigenvalue weighted by Crippen LogP contribution is 2.37. The first-order chi connectivity index (χ1) is 17.5. The Morgan fingerprint density at radius 1 is 1.17 bits per heavy atom. The maximum atomic E-state index is 13.8. The molecule has 2 aromatic carbocycles. The van der Waals surface area contributed by atoms with Gasteiger partial charge in [-0.1, -0.05) is 60.6 Å². The minimum Gasteiger partial charge on any atom is -0.506 e. The Labute approximate surface area is 215 Å². The first-order valence-corrected chi connectivity index (χ1v) is 13.5. The summed E-state index contributed by atoms with van der Waals surface area (Å²) in [7, 11) is 0. The number of hydrogen-bond acceptors (Lipinski definition) is 6. The lowest BCUT2D eigenvalue weighted by Gasteiger charge is -2.30. The van der Waals surface area contributed by atoms with Crippen molar-refractivity contribution in [2.45, 2.75) is 62.0 Å². The molecule has 188 valence electrons. The van der Waals surface area contributed by atoms with Gasteiger partial charge in [-0.2, -0.15) is 0 Å². The molecular formula is C28H32N4O3S. The van der Waals surface area contributed by atoms with Gasteiger partial charge in [-0.15, -0.1) is 0 Å². The van der Waals surface area contributed by atoms with Crippen LogP contribution in [0.2, 0.25) is 0 Å². The summed E-state index contributed by atoms with van der Waals surface area (Å²) in [4.78, 5) is 33.4. The van der Waals surface area contributed by atoms with Crippen molar-refractivity contribution in [2.24, 2.45) is 0 Å². The summed E-state index contributed by atoms with van der Waals surface area (Å²) in [6.07, 6.45) is 4.34. The van der Waals surface area contributed by atoms with E-state index in [1.54, 1.807) is 40.9 Å². The Morgan fingerprint density at radius 2 is 1.92 bits per heavy atom. The lowest BCUT2D eigenvalue weighted by Crippen LogP contribution is -2.42. The average molecular weight is 505 g/mol. The molecule has 36 heavy (non-hydrogen) atoms. The second-order valence-corrected chi connectivity index (χ2v) is 10.8. The van der Waals surface area contributed by atoms with Gasteiger partial charge >= 0.3 is 0 Å². The predicted octanol–water partition coefficient (Wildman–Crippen LogP) is 4.21. The molecule has 1 aliphatic carbocycles. The topological polar surface area (TPSA) is 87.5 Å². The molecule has 2 N–H and O–H groups in total. The van der Waals surface area contributed by atoms with E-state index in [2.05, 4.69) is 24.4 Å². The maximum absolute atomic E-state index is 13.8. The van der Waals surface area contributed by atoms with E-state index in [0.29, 0.717) is 47.6 Å². The standard InChI is InChI=1S/C28H32N4O3S/c1-19(20-8-3-2-4-9-20)29-16-14-26(34)31-17-15-23-22(18-31)27(35)32(24-12-5-6-13-25(24)33)28(30-23)36-21-10-7-11-21/h2-6,8-9,12-13,19,21,29,33H,7,10-11,14-18H2,1H3/t19-/m0/s1. The number of fused-ring (bicyclic) bond motifs is 1. The molecule has 1 fully saturated rings. The highest BCUT2D eigenvalue weighted by Gasteiger charge is 2.29. The number of hydrogen-bond donors (Lipinski definition) is 2. The van der Waals surface area contributed by atoms with Gasteiger partial charge in [0.15, 0.2) is 5.16 Å². The lowest BCUT2D eigenvalue weighted by molar-refractivity contribution is -0.132. The Bertz CT molecular complexity index is 1290. The number of aromatic hydroxyl groups is 1. The molecule has 5 rings (SSSR count). The van der Waals surface area contributed by atoms with Crippen LogP contribution in [0.3, 0.4) is 0 Å². The number of phenolic OH excluding ortho intramolecular Hbond substituents is 1. The molecule has 7 nitrogen and oxygen atoms in total. The summed E-state index contributed by atoms with van der Waals surface area (Å²) in [6, 6.07) is 17.2. The van der Waals surface area contributed by atoms with Crippen molar-refractivity contribution < 1.29 is 9.90 Å². The van der Waals surface area contributed by atoms with Crippen LogP contribution in [0.15, 0.2) is 64.5 Å². The summed E-state index contributed by atoms with van der Waals surface area (Å²) in [6.45, 7) is 3.45. The third-order valence-electron chi connectivity index (χ3n) is 7.09. The molecular weight excluding hydrogens is 472 g/mol. The van der Waals surface area contributed by atoms with E-state index in [4.69, 9.17) is 4.98 Å². The third-order valence-corrected chi connectivity index (χ3v) is 8.38. The van der Waals surface area contributed by atoms with Crippen molar-refractivity contribution in [1.29, 1.82) is 0 Å². The molecule has 0 bridgehead atoms. The molecule has 1 atom stereocenters. The van der Waals surface area contributed by atoms with Gasteiger partial charge in [0.25, 0.3) is 5.56 Å². The molecule has 0 radical (unpaired) electrons. The molecule has 2 aliphatic rings. The average Bonchev–Trinajstić information content (AvgIpc) is 2.87. The summed E-state index contributed by atoms with van der Waals surface area (Å²) >= 11 is 1.62. The number of benzene rings is 2. The molecule has 1 saturated carbocycles. The van der Waals surface area contributed by atoms with E-state index in [1.807, 2.05) is 18.2 Å². The van der Waals surface area contributed by atoms with Crippen molar-refractivity contribution in [3.05, 3.63) is 81.8 Å². The summed E-state index contributed by atoms with van der Waals surface area (Å²) in [5.74, 6) is 0.0639. The number of para-hydroxylation sites is 2. The van der Waals surface area contributed by atoms with Gasteiger partial charge in [-0.05, 0) is 37.5 Å². The number of carbonyl (C=O) groups excluding carboxylic acids is 1. The Hall–Kier alpha value is -3.10. The molecule has 3 aromatic rings. The smallest absolute Gasteiger partial charge is 0.264 e. The minimum atomic E-state index is -0.198. The lowest BCUT2D eigenvalue weighted by atomic mass is 10.0. The highest BCUT2D eigenvalue weighted by molar-refractivity contribution is 7.99. The quantitative estimate of drug-likeness (QED) is 0.447. The van der Waals surface area contributed by atoms with Crippen LogP contribution in [-0.2, 0) is 17.8 Å². The van der Waals surface area contributed by atoms with Gasteiger partial charge in [-0.25, -0.2) is 4.98 Å². The fourth-order valence-electron chi connectivity index (χ4n) is 4.66. The van der Waals surface area contributed by atoms with Crippen LogP contribution in [0.1, 0.15) is 55.5 Å². The van der Waals surface area contributed by atoms with Crippen LogP contribution in [0.25, 0.3) is 5.69 Å². The molecule has 0 spiro atoms. The number of carbonyl (C=O) groups is 1. The Kier molecular flexibility index (Phi) is 7.43. The van der Waals surface area contributed by atoms with E-state index < -0.39 is 0 Å². The second-order valence-electron chi connectivity index (χ2n) is 9.52. The van der Waals surface area contributed by atoms with E-state index in [-0.39, 0.29) is 29.8 Å². The third kappa shape index (κ3) is 5.20. The maximum Gasteiger partial charge on any atom is 0.264 e. The van der Waals surface area contributed by atoms with Gasteiger partial charge in [0, 0.05) is 37.2 Å². The first kappa shape index (κ1) is 24.6. The van der Waals surface area contributed by atoms with Crippen molar-refractivity contribution in [2.75, 3.05) is 13.1 Å². The van der Waals surface area contributed by atoms with Crippen molar-refractivity contribution >= 4 is 17.7 Å². The van der Waals surface area contributed by atoms with Gasteiger partial charge < -0.3 is 15.3 Å². The normalized spacial score (nSPS) is 16.3. The fraction of sp³-hybridized carbons (Fsp3) is 0.393. The number of amides is 1. The van der Waals surface area contributed by atoms with E-state index >= 15 is 0 Å². The zero-order valence-electron chi connectivity index (χ0n) is 20.5. The van der Waals surface area contributed by atoms with Gasteiger partial charge in [-0.3, -0.25) is 14.2 Å². The molecule has 1 aliphatic heterocycles. The van der Waals surface area contributed by atoms with Crippen molar-refractivity contribution in [1.82, 2.24) is 19.8 Å². The van der Waals surface area contributed by atoms with Crippen LogP contribution in [0.5, 0.6) is 5.75 Å². The number of nitrogens with zero attached hydrogens (tertiary/aromatic N) is 3. The van der Waals surface area contributed by atoms with Crippen LogP contribution >= 0.6 is 11.8 Å². The Balaban J connectivity index is 1.33. The molecule has 0 unspecified atom stereocenters. The van der Waals surface area contributed by atoms with Crippen LogP contribution in [-0.4, -0.2) is 43.8 Å². The van der Waals surface area contributed by atoms with Crippen LogP contribution in [0, 0.1) is 0 Å². The van der Waals surface area contributed by atoms with Gasteiger partial charge in [0.2, 0.25) is 5.91 Å². The fourth-order valence-corrected chi connectivity index (χ4v) is 5.98. The van der Waals surface area contributed by atoms with Crippen molar-refractivity contribution in [3.8, 4) is 11.4 Å². The summed E-state index contributed by atoms with van der Waals surface area (Å²) < 4.78 is 1.54. The Morgan fingerprint density at radius 3 is 2.64 bits per heavy atom. The molecule has 1 aromatic heterocycles. The molecule has 8 heteroatoms. The van der Waals surface area contributed by atoms with E-state index in [0.717, 1.165) is 18.5 Å². The highest BCUT2D eigenvalue weighted by atomic mass is 32.2. The molecule has 2 heterocycles. The number of aromatic nitrogens is 2. The first-order valence-electron chi connectivity index (χ1n) is 12.7. The van der Waals surface area contributed by atoms with Crippen molar-refractivity contribution in [3.63, 3.8) is 0 Å². The minimum absolute atomic E-state index is 0.0230. The number of rotatable bonds is 8. The summed E-state index contributed by atoms with van der Waals surface area (Å²) in [5, 5.41) is 15.0. The largest absolute Gasteiger partial charge is 0.506 e. The number of phenols is 1. The molecule has 1 amide bonds. The predicted molar refractivity (Wildman–Crippen MR) is 142 cm³/mol.